The lowest BCUT2D eigenvalue weighted by Crippen LogP contribution is -2.04. The minimum Gasteiger partial charge on any atom is -0.422 e. The zero-order chi connectivity index (χ0) is 15.6. The Kier molecular flexibility index (Phi) is 3.50. The Morgan fingerprint density at radius 2 is 1.73 bits per heavy atom. The van der Waals surface area contributed by atoms with Gasteiger partial charge in [0.25, 0.3) is 0 Å². The predicted molar refractivity (Wildman–Crippen MR) is 70.7 cm³/mol. The molecule has 8 heteroatoms. The van der Waals surface area contributed by atoms with Crippen LogP contribution in [-0.2, 0) is 6.18 Å². The van der Waals surface area contributed by atoms with E-state index in [0.29, 0.717) is 5.69 Å². The maximum Gasteiger partial charge on any atom is 0.416 e. The number of halogens is 3. The first-order valence-corrected chi connectivity index (χ1v) is 6.23. The minimum absolute atomic E-state index is 0.0116. The fraction of sp³-hybridized carbons (Fsp3) is 0.0714. The third-order valence-electron chi connectivity index (χ3n) is 2.75. The van der Waals surface area contributed by atoms with Gasteiger partial charge in [-0.1, -0.05) is 34.5 Å². The first kappa shape index (κ1) is 14.1. The van der Waals surface area contributed by atoms with Crippen LogP contribution in [0.1, 0.15) is 5.56 Å². The van der Waals surface area contributed by atoms with E-state index in [1.54, 1.807) is 24.3 Å². The molecule has 0 bridgehead atoms. The van der Waals surface area contributed by atoms with Crippen LogP contribution < -0.4 is 4.74 Å². The molecule has 0 aliphatic rings. The fourth-order valence-corrected chi connectivity index (χ4v) is 1.75. The lowest BCUT2D eigenvalue weighted by Gasteiger charge is -2.07. The Hall–Kier alpha value is -2.90. The van der Waals surface area contributed by atoms with Crippen LogP contribution in [0.3, 0.4) is 0 Å². The summed E-state index contributed by atoms with van der Waals surface area (Å²) in [5.74, 6) is -0.0116. The highest BCUT2D eigenvalue weighted by atomic mass is 19.4. The molecule has 0 aliphatic heterocycles. The third kappa shape index (κ3) is 3.05. The molecule has 5 nitrogen and oxygen atoms in total. The quantitative estimate of drug-likeness (QED) is 0.743. The largest absolute Gasteiger partial charge is 0.422 e. The van der Waals surface area contributed by atoms with Crippen molar-refractivity contribution >= 4 is 0 Å². The summed E-state index contributed by atoms with van der Waals surface area (Å²) in [6.45, 7) is 0. The first-order valence-electron chi connectivity index (χ1n) is 6.23. The zero-order valence-electron chi connectivity index (χ0n) is 11.0. The van der Waals surface area contributed by atoms with Gasteiger partial charge in [-0.3, -0.25) is 0 Å². The summed E-state index contributed by atoms with van der Waals surface area (Å²) in [6.07, 6.45) is -4.44. The van der Waals surface area contributed by atoms with Gasteiger partial charge in [-0.2, -0.15) is 13.2 Å². The summed E-state index contributed by atoms with van der Waals surface area (Å²) < 4.78 is 43.1. The molecule has 22 heavy (non-hydrogen) atoms. The highest BCUT2D eigenvalue weighted by Crippen LogP contribution is 2.32. The molecule has 2 aromatic carbocycles. The number of benzene rings is 2. The fourth-order valence-electron chi connectivity index (χ4n) is 1.75. The predicted octanol–water partition coefficient (Wildman–Crippen LogP) is 3.47. The molecule has 0 fully saturated rings. The number of hydrogen-bond donors (Lipinski definition) is 0. The number of rotatable bonds is 3. The minimum atomic E-state index is -4.44. The average Bonchev–Trinajstić information content (AvgIpc) is 2.96. The Balaban J connectivity index is 1.81. The van der Waals surface area contributed by atoms with Crippen molar-refractivity contribution in [2.24, 2.45) is 0 Å². The number of hydrogen-bond acceptors (Lipinski definition) is 4. The van der Waals surface area contributed by atoms with Gasteiger partial charge in [-0.05, 0) is 35.5 Å². The van der Waals surface area contributed by atoms with E-state index in [1.165, 1.54) is 16.9 Å². The van der Waals surface area contributed by atoms with Crippen molar-refractivity contribution < 1.29 is 17.9 Å². The molecule has 0 atom stereocenters. The molecule has 1 heterocycles. The summed E-state index contributed by atoms with van der Waals surface area (Å²) in [5, 5.41) is 11.4. The second-order valence-corrected chi connectivity index (χ2v) is 4.32. The zero-order valence-corrected chi connectivity index (χ0v) is 11.0. The van der Waals surface area contributed by atoms with Crippen molar-refractivity contribution in [3.63, 3.8) is 0 Å². The molecule has 1 aromatic heterocycles. The summed E-state index contributed by atoms with van der Waals surface area (Å²) in [7, 11) is 0. The van der Waals surface area contributed by atoms with Crippen molar-refractivity contribution in [2.75, 3.05) is 0 Å². The maximum atomic E-state index is 12.6. The molecule has 0 N–H and O–H groups in total. The molecule has 0 saturated carbocycles. The van der Waals surface area contributed by atoms with E-state index in [-0.39, 0.29) is 11.8 Å². The first-order chi connectivity index (χ1) is 10.5. The van der Waals surface area contributed by atoms with Gasteiger partial charge in [-0.15, -0.1) is 4.80 Å². The number of para-hydroxylation sites is 1. The van der Waals surface area contributed by atoms with Gasteiger partial charge in [0.1, 0.15) is 5.75 Å². The monoisotopic (exact) mass is 306 g/mol. The van der Waals surface area contributed by atoms with E-state index < -0.39 is 11.7 Å². The highest BCUT2D eigenvalue weighted by Gasteiger charge is 2.30. The van der Waals surface area contributed by atoms with Crippen LogP contribution in [0.5, 0.6) is 11.8 Å². The van der Waals surface area contributed by atoms with Gasteiger partial charge in [0.15, 0.2) is 0 Å². The Labute approximate surface area is 123 Å². The number of tetrazole rings is 1. The van der Waals surface area contributed by atoms with Gasteiger partial charge in [0.2, 0.25) is 0 Å². The summed E-state index contributed by atoms with van der Waals surface area (Å²) >= 11 is 0. The molecule has 112 valence electrons. The normalized spacial score (nSPS) is 11.4. The lowest BCUT2D eigenvalue weighted by atomic mass is 10.2. The maximum absolute atomic E-state index is 12.6. The summed E-state index contributed by atoms with van der Waals surface area (Å²) in [6, 6.07) is 13.3. The molecule has 0 spiro atoms. The van der Waals surface area contributed by atoms with E-state index in [4.69, 9.17) is 4.74 Å². The van der Waals surface area contributed by atoms with Crippen LogP contribution in [0.4, 0.5) is 13.2 Å². The molecular formula is C14H9F3N4O. The van der Waals surface area contributed by atoms with Gasteiger partial charge < -0.3 is 4.74 Å². The molecular weight excluding hydrogens is 297 g/mol. The third-order valence-corrected chi connectivity index (χ3v) is 2.75. The molecule has 0 aliphatic carbocycles. The van der Waals surface area contributed by atoms with Crippen molar-refractivity contribution in [1.82, 2.24) is 20.2 Å². The van der Waals surface area contributed by atoms with Crippen LogP contribution in [-0.4, -0.2) is 20.2 Å². The van der Waals surface area contributed by atoms with Crippen molar-refractivity contribution in [2.45, 2.75) is 6.18 Å². The van der Waals surface area contributed by atoms with E-state index in [1.807, 2.05) is 6.07 Å². The summed E-state index contributed by atoms with van der Waals surface area (Å²) in [5.41, 5.74) is -0.144. The Bertz CT molecular complexity index is 771. The van der Waals surface area contributed by atoms with Crippen LogP contribution >= 0.6 is 0 Å². The van der Waals surface area contributed by atoms with E-state index >= 15 is 0 Å². The van der Waals surface area contributed by atoms with Gasteiger partial charge in [-0.25, -0.2) is 0 Å². The van der Waals surface area contributed by atoms with Crippen LogP contribution in [0.25, 0.3) is 5.69 Å². The van der Waals surface area contributed by atoms with E-state index in [2.05, 4.69) is 15.4 Å². The Morgan fingerprint density at radius 3 is 2.45 bits per heavy atom. The van der Waals surface area contributed by atoms with Crippen molar-refractivity contribution in [3.8, 4) is 17.4 Å². The van der Waals surface area contributed by atoms with E-state index in [0.717, 1.165) is 12.1 Å². The van der Waals surface area contributed by atoms with Crippen molar-refractivity contribution in [1.29, 1.82) is 0 Å². The van der Waals surface area contributed by atoms with Gasteiger partial charge >= 0.3 is 12.2 Å². The number of ether oxygens (including phenoxy) is 1. The van der Waals surface area contributed by atoms with Gasteiger partial charge in [0.05, 0.1) is 11.3 Å². The molecule has 3 aromatic rings. The average molecular weight is 306 g/mol. The topological polar surface area (TPSA) is 52.8 Å². The second kappa shape index (κ2) is 5.47. The van der Waals surface area contributed by atoms with Gasteiger partial charge in [0, 0.05) is 0 Å². The second-order valence-electron chi connectivity index (χ2n) is 4.32. The standard InChI is InChI=1S/C14H9F3N4O/c15-14(16,17)10-5-4-8-12(9-10)22-13-18-20-21(19-13)11-6-2-1-3-7-11/h1-9H. The molecule has 0 amide bonds. The molecule has 0 saturated heterocycles. The number of aromatic nitrogens is 4. The molecule has 0 unspecified atom stereocenters. The van der Waals surface area contributed by atoms with Crippen molar-refractivity contribution in [3.05, 3.63) is 60.2 Å². The summed E-state index contributed by atoms with van der Waals surface area (Å²) in [4.78, 5) is 1.23. The van der Waals surface area contributed by atoms with Crippen LogP contribution in [0.2, 0.25) is 0 Å². The molecule has 0 radical (unpaired) electrons. The van der Waals surface area contributed by atoms with Crippen LogP contribution in [0, 0.1) is 0 Å². The Morgan fingerprint density at radius 1 is 0.955 bits per heavy atom. The SMILES string of the molecule is FC(F)(F)c1cccc(Oc2nnn(-c3ccccc3)n2)c1. The number of nitrogens with zero attached hydrogens (tertiary/aromatic N) is 4. The van der Waals surface area contributed by atoms with Crippen LogP contribution in [0.15, 0.2) is 54.6 Å². The smallest absolute Gasteiger partial charge is 0.416 e. The van der Waals surface area contributed by atoms with E-state index in [9.17, 15) is 13.2 Å². The number of alkyl halides is 3. The molecule has 3 rings (SSSR count). The highest BCUT2D eigenvalue weighted by molar-refractivity contribution is 5.32. The lowest BCUT2D eigenvalue weighted by molar-refractivity contribution is -0.137.